The summed E-state index contributed by atoms with van der Waals surface area (Å²) in [5, 5.41) is 22.1. The number of pyridine rings is 1. The average Bonchev–Trinajstić information content (AvgIpc) is 2.55. The van der Waals surface area contributed by atoms with Gasteiger partial charge in [0, 0.05) is 6.92 Å². The van der Waals surface area contributed by atoms with E-state index in [-0.39, 0.29) is 12.5 Å². The van der Waals surface area contributed by atoms with Crippen LogP contribution in [-0.4, -0.2) is 33.8 Å². The zero-order chi connectivity index (χ0) is 17.1. The third kappa shape index (κ3) is 7.39. The van der Waals surface area contributed by atoms with Gasteiger partial charge in [0.25, 0.3) is 0 Å². The van der Waals surface area contributed by atoms with Crippen LogP contribution in [0.1, 0.15) is 63.4 Å². The molecule has 0 bridgehead atoms. The van der Waals surface area contributed by atoms with Crippen molar-refractivity contribution in [1.82, 2.24) is 10.3 Å². The molecule has 1 aromatic rings. The van der Waals surface area contributed by atoms with E-state index in [1.54, 1.807) is 6.07 Å². The highest BCUT2D eigenvalue weighted by molar-refractivity contribution is 5.73. The minimum absolute atomic E-state index is 0.300. The normalized spacial score (nSPS) is 13.9. The maximum Gasteiger partial charge on any atom is 0.217 e. The van der Waals surface area contributed by atoms with E-state index in [1.807, 2.05) is 18.2 Å². The van der Waals surface area contributed by atoms with Gasteiger partial charge < -0.3 is 15.5 Å². The summed E-state index contributed by atoms with van der Waals surface area (Å²) in [6.07, 6.45) is 8.90. The van der Waals surface area contributed by atoms with Crippen LogP contribution in [0.25, 0.3) is 6.08 Å². The number of carbonyl (C=O) groups is 1. The molecule has 0 spiro atoms. The van der Waals surface area contributed by atoms with E-state index in [9.17, 15) is 15.0 Å². The Balaban J connectivity index is 2.64. The van der Waals surface area contributed by atoms with Crippen molar-refractivity contribution in [3.05, 3.63) is 35.7 Å². The average molecular weight is 320 g/mol. The van der Waals surface area contributed by atoms with Gasteiger partial charge in [0.1, 0.15) is 6.10 Å². The Morgan fingerprint density at radius 3 is 2.78 bits per heavy atom. The van der Waals surface area contributed by atoms with Crippen molar-refractivity contribution in [3.8, 4) is 0 Å². The number of allylic oxidation sites excluding steroid dienone is 1. The fourth-order valence-electron chi connectivity index (χ4n) is 2.31. The Kier molecular flexibility index (Phi) is 9.17. The molecule has 0 radical (unpaired) electrons. The zero-order valence-corrected chi connectivity index (χ0v) is 14.0. The molecule has 0 aliphatic carbocycles. The lowest BCUT2D eigenvalue weighted by molar-refractivity contribution is -0.121. The number of aliphatic hydroxyl groups is 2. The van der Waals surface area contributed by atoms with Crippen molar-refractivity contribution in [2.45, 2.75) is 58.1 Å². The third-order valence-corrected chi connectivity index (χ3v) is 3.57. The van der Waals surface area contributed by atoms with E-state index in [4.69, 9.17) is 0 Å². The summed E-state index contributed by atoms with van der Waals surface area (Å²) >= 11 is 0. The van der Waals surface area contributed by atoms with E-state index >= 15 is 0 Å². The molecule has 128 valence electrons. The predicted molar refractivity (Wildman–Crippen MR) is 91.7 cm³/mol. The van der Waals surface area contributed by atoms with Crippen molar-refractivity contribution in [1.29, 1.82) is 0 Å². The third-order valence-electron chi connectivity index (χ3n) is 3.57. The van der Waals surface area contributed by atoms with Crippen LogP contribution in [0.15, 0.2) is 24.3 Å². The lowest BCUT2D eigenvalue weighted by atomic mass is 10.1. The number of hydrogen-bond donors (Lipinski definition) is 3. The number of aliphatic hydroxyl groups excluding tert-OH is 2. The SMILES string of the molecule is CCCCCC/C=C\c1cccc(C(O)C(CO)NC(C)=O)n1. The smallest absolute Gasteiger partial charge is 0.217 e. The number of amides is 1. The van der Waals surface area contributed by atoms with Gasteiger partial charge in [-0.1, -0.05) is 38.3 Å². The van der Waals surface area contributed by atoms with E-state index in [1.165, 1.54) is 32.6 Å². The molecule has 0 aliphatic heterocycles. The molecule has 0 saturated heterocycles. The Morgan fingerprint density at radius 2 is 2.13 bits per heavy atom. The van der Waals surface area contributed by atoms with Crippen LogP contribution in [0.2, 0.25) is 0 Å². The molecular weight excluding hydrogens is 292 g/mol. The molecule has 5 nitrogen and oxygen atoms in total. The maximum absolute atomic E-state index is 11.1. The first kappa shape index (κ1) is 19.3. The Bertz CT molecular complexity index is 503. The standard InChI is InChI=1S/C18H28N2O3/c1-3-4-5-6-7-8-10-15-11-9-12-16(20-15)18(23)17(13-21)19-14(2)22/h8-12,17-18,21,23H,3-7,13H2,1-2H3,(H,19,22)/b10-8-. The molecule has 0 fully saturated rings. The van der Waals surface area contributed by atoms with Gasteiger partial charge >= 0.3 is 0 Å². The largest absolute Gasteiger partial charge is 0.394 e. The maximum atomic E-state index is 11.1. The summed E-state index contributed by atoms with van der Waals surface area (Å²) in [6, 6.07) is 4.61. The van der Waals surface area contributed by atoms with Gasteiger partial charge in [-0.15, -0.1) is 0 Å². The number of rotatable bonds is 10. The summed E-state index contributed by atoms with van der Waals surface area (Å²) in [6.45, 7) is 3.19. The van der Waals surface area contributed by atoms with Crippen LogP contribution in [0.5, 0.6) is 0 Å². The van der Waals surface area contributed by atoms with Gasteiger partial charge in [-0.2, -0.15) is 0 Å². The van der Waals surface area contributed by atoms with Crippen LogP contribution in [0, 0.1) is 0 Å². The Hall–Kier alpha value is -1.72. The Labute approximate surface area is 138 Å². The number of carbonyl (C=O) groups excluding carboxylic acids is 1. The van der Waals surface area contributed by atoms with Gasteiger partial charge in [0.2, 0.25) is 5.91 Å². The first-order valence-corrected chi connectivity index (χ1v) is 8.28. The molecule has 5 heteroatoms. The van der Waals surface area contributed by atoms with E-state index < -0.39 is 12.1 Å². The van der Waals surface area contributed by atoms with E-state index in [0.717, 1.165) is 12.1 Å². The van der Waals surface area contributed by atoms with Crippen molar-refractivity contribution in [3.63, 3.8) is 0 Å². The summed E-state index contributed by atoms with van der Waals surface area (Å²) in [7, 11) is 0. The molecular formula is C18H28N2O3. The van der Waals surface area contributed by atoms with Crippen molar-refractivity contribution >= 4 is 12.0 Å². The summed E-state index contributed by atoms with van der Waals surface area (Å²) in [5.74, 6) is -0.300. The van der Waals surface area contributed by atoms with Crippen molar-refractivity contribution < 1.29 is 15.0 Å². The van der Waals surface area contributed by atoms with Gasteiger partial charge in [-0.25, -0.2) is 0 Å². The minimum Gasteiger partial charge on any atom is -0.394 e. The monoisotopic (exact) mass is 320 g/mol. The lowest BCUT2D eigenvalue weighted by Crippen LogP contribution is -2.41. The first-order chi connectivity index (χ1) is 11.1. The molecule has 1 rings (SSSR count). The molecule has 23 heavy (non-hydrogen) atoms. The van der Waals surface area contributed by atoms with Gasteiger partial charge in [-0.05, 0) is 31.1 Å². The number of nitrogens with one attached hydrogen (secondary N) is 1. The minimum atomic E-state index is -1.04. The molecule has 1 aromatic heterocycles. The fourth-order valence-corrected chi connectivity index (χ4v) is 2.31. The first-order valence-electron chi connectivity index (χ1n) is 8.28. The van der Waals surface area contributed by atoms with Gasteiger partial charge in [0.15, 0.2) is 0 Å². The lowest BCUT2D eigenvalue weighted by Gasteiger charge is -2.21. The summed E-state index contributed by atoms with van der Waals surface area (Å²) in [5.41, 5.74) is 1.20. The quantitative estimate of drug-likeness (QED) is 0.579. The van der Waals surface area contributed by atoms with E-state index in [2.05, 4.69) is 23.3 Å². The molecule has 1 heterocycles. The molecule has 2 unspecified atom stereocenters. The molecule has 0 saturated carbocycles. The summed E-state index contributed by atoms with van der Waals surface area (Å²) < 4.78 is 0. The topological polar surface area (TPSA) is 82.5 Å². The zero-order valence-electron chi connectivity index (χ0n) is 14.0. The highest BCUT2D eigenvalue weighted by Gasteiger charge is 2.22. The number of aromatic nitrogens is 1. The van der Waals surface area contributed by atoms with Crippen molar-refractivity contribution in [2.75, 3.05) is 6.61 Å². The van der Waals surface area contributed by atoms with Gasteiger partial charge in [-0.3, -0.25) is 9.78 Å². The number of nitrogens with zero attached hydrogens (tertiary/aromatic N) is 1. The predicted octanol–water partition coefficient (Wildman–Crippen LogP) is 2.60. The molecule has 3 N–H and O–H groups in total. The van der Waals surface area contributed by atoms with Crippen molar-refractivity contribution in [2.24, 2.45) is 0 Å². The second kappa shape index (κ2) is 10.9. The second-order valence-corrected chi connectivity index (χ2v) is 5.67. The molecule has 0 aromatic carbocycles. The highest BCUT2D eigenvalue weighted by atomic mass is 16.3. The van der Waals surface area contributed by atoms with Crippen LogP contribution < -0.4 is 5.32 Å². The number of unbranched alkanes of at least 4 members (excludes halogenated alkanes) is 4. The van der Waals surface area contributed by atoms with Crippen LogP contribution in [0.3, 0.4) is 0 Å². The van der Waals surface area contributed by atoms with Gasteiger partial charge in [0.05, 0.1) is 24.0 Å². The summed E-state index contributed by atoms with van der Waals surface area (Å²) in [4.78, 5) is 15.5. The van der Waals surface area contributed by atoms with Crippen LogP contribution >= 0.6 is 0 Å². The van der Waals surface area contributed by atoms with Crippen LogP contribution in [-0.2, 0) is 4.79 Å². The highest BCUT2D eigenvalue weighted by Crippen LogP contribution is 2.16. The molecule has 2 atom stereocenters. The molecule has 1 amide bonds. The fraction of sp³-hybridized carbons (Fsp3) is 0.556. The second-order valence-electron chi connectivity index (χ2n) is 5.67. The molecule has 0 aliphatic rings. The Morgan fingerprint density at radius 1 is 1.35 bits per heavy atom. The number of hydrogen-bond acceptors (Lipinski definition) is 4. The van der Waals surface area contributed by atoms with E-state index in [0.29, 0.717) is 5.69 Å². The van der Waals surface area contributed by atoms with Crippen LogP contribution in [0.4, 0.5) is 0 Å².